The Morgan fingerprint density at radius 1 is 0.652 bits per heavy atom. The van der Waals surface area contributed by atoms with Crippen LogP contribution in [0.2, 0.25) is 0 Å². The van der Waals surface area contributed by atoms with Gasteiger partial charge in [-0.05, 0) is 6.92 Å². The Labute approximate surface area is 133 Å². The molecule has 130 valence electrons. The van der Waals surface area contributed by atoms with Crippen molar-refractivity contribution in [2.45, 2.75) is 65.3 Å². The van der Waals surface area contributed by atoms with E-state index in [1.165, 1.54) is 6.92 Å². The van der Waals surface area contributed by atoms with Gasteiger partial charge in [-0.25, -0.2) is 0 Å². The van der Waals surface area contributed by atoms with E-state index in [0.717, 1.165) is 20.8 Å². The summed E-state index contributed by atoms with van der Waals surface area (Å²) in [6, 6.07) is 0. The molecule has 1 aliphatic heterocycles. The van der Waals surface area contributed by atoms with Crippen LogP contribution in [0.15, 0.2) is 0 Å². The average molecular weight is 332 g/mol. The molecule has 9 nitrogen and oxygen atoms in total. The molecule has 0 aromatic rings. The lowest BCUT2D eigenvalue weighted by Gasteiger charge is -2.42. The fraction of sp³-hybridized carbons (Fsp3) is 0.714. The lowest BCUT2D eigenvalue weighted by Crippen LogP contribution is -2.61. The molecule has 0 N–H and O–H groups in total. The van der Waals surface area contributed by atoms with Gasteiger partial charge in [0.2, 0.25) is 12.4 Å². The van der Waals surface area contributed by atoms with Crippen LogP contribution in [0.3, 0.4) is 0 Å². The fourth-order valence-electron chi connectivity index (χ4n) is 2.23. The van der Waals surface area contributed by atoms with E-state index in [2.05, 4.69) is 0 Å². The van der Waals surface area contributed by atoms with Gasteiger partial charge < -0.3 is 23.7 Å². The summed E-state index contributed by atoms with van der Waals surface area (Å²) in [5, 5.41) is 0. The summed E-state index contributed by atoms with van der Waals surface area (Å²) < 4.78 is 25.7. The van der Waals surface area contributed by atoms with Gasteiger partial charge in [-0.2, -0.15) is 0 Å². The minimum Gasteiger partial charge on any atom is -0.456 e. The predicted octanol–water partition coefficient (Wildman–Crippen LogP) is 0.0894. The SMILES string of the molecule is CC(=O)OC1C(OC(C)=O)[C@H](OC(C)=O)C(C)O[C@@H]1OC(C)=O. The molecule has 0 amide bonds. The number of carbonyl (C=O) groups is 4. The Kier molecular flexibility index (Phi) is 6.49. The van der Waals surface area contributed by atoms with E-state index in [1.54, 1.807) is 6.92 Å². The van der Waals surface area contributed by atoms with Crippen molar-refractivity contribution in [3.63, 3.8) is 0 Å². The first-order valence-corrected chi connectivity index (χ1v) is 6.96. The van der Waals surface area contributed by atoms with Gasteiger partial charge in [-0.1, -0.05) is 0 Å². The highest BCUT2D eigenvalue weighted by molar-refractivity contribution is 5.69. The highest BCUT2D eigenvalue weighted by Crippen LogP contribution is 2.29. The lowest BCUT2D eigenvalue weighted by atomic mass is 9.99. The van der Waals surface area contributed by atoms with E-state index in [-0.39, 0.29) is 0 Å². The lowest BCUT2D eigenvalue weighted by molar-refractivity contribution is -0.292. The topological polar surface area (TPSA) is 114 Å². The second-order valence-electron chi connectivity index (χ2n) is 5.04. The van der Waals surface area contributed by atoms with Crippen molar-refractivity contribution in [2.75, 3.05) is 0 Å². The van der Waals surface area contributed by atoms with Gasteiger partial charge in [0.1, 0.15) is 0 Å². The van der Waals surface area contributed by atoms with E-state index in [9.17, 15) is 19.2 Å². The normalized spacial score (nSPS) is 30.0. The Morgan fingerprint density at radius 3 is 1.48 bits per heavy atom. The third-order valence-corrected chi connectivity index (χ3v) is 2.92. The van der Waals surface area contributed by atoms with E-state index in [0.29, 0.717) is 0 Å². The zero-order valence-corrected chi connectivity index (χ0v) is 13.6. The van der Waals surface area contributed by atoms with Gasteiger partial charge in [0, 0.05) is 27.7 Å². The Balaban J connectivity index is 3.15. The van der Waals surface area contributed by atoms with Gasteiger partial charge in [0.25, 0.3) is 0 Å². The second kappa shape index (κ2) is 7.91. The van der Waals surface area contributed by atoms with Crippen LogP contribution >= 0.6 is 0 Å². The molecule has 0 aromatic carbocycles. The van der Waals surface area contributed by atoms with Gasteiger partial charge >= 0.3 is 23.9 Å². The quantitative estimate of drug-likeness (QED) is 0.521. The molecule has 0 saturated carbocycles. The van der Waals surface area contributed by atoms with Crippen molar-refractivity contribution < 1.29 is 42.9 Å². The van der Waals surface area contributed by atoms with Gasteiger partial charge in [0.05, 0.1) is 6.10 Å². The Hall–Kier alpha value is -2.16. The monoisotopic (exact) mass is 332 g/mol. The molecule has 1 aliphatic rings. The van der Waals surface area contributed by atoms with E-state index in [4.69, 9.17) is 23.7 Å². The van der Waals surface area contributed by atoms with Crippen LogP contribution < -0.4 is 0 Å². The van der Waals surface area contributed by atoms with Crippen LogP contribution in [0.5, 0.6) is 0 Å². The van der Waals surface area contributed by atoms with E-state index in [1.807, 2.05) is 0 Å². The molecule has 1 heterocycles. The summed E-state index contributed by atoms with van der Waals surface area (Å²) in [4.78, 5) is 45.1. The second-order valence-corrected chi connectivity index (χ2v) is 5.04. The first-order chi connectivity index (χ1) is 10.6. The summed E-state index contributed by atoms with van der Waals surface area (Å²) in [7, 11) is 0. The first-order valence-electron chi connectivity index (χ1n) is 6.96. The minimum absolute atomic E-state index is 0.630. The van der Waals surface area contributed by atoms with Crippen LogP contribution in [-0.4, -0.2) is 54.6 Å². The van der Waals surface area contributed by atoms with Crippen molar-refractivity contribution in [1.29, 1.82) is 0 Å². The zero-order chi connectivity index (χ0) is 17.7. The fourth-order valence-corrected chi connectivity index (χ4v) is 2.23. The molecule has 0 bridgehead atoms. The van der Waals surface area contributed by atoms with E-state index >= 15 is 0 Å². The highest BCUT2D eigenvalue weighted by atomic mass is 16.7. The summed E-state index contributed by atoms with van der Waals surface area (Å²) in [5.74, 6) is -2.69. The van der Waals surface area contributed by atoms with Crippen molar-refractivity contribution in [1.82, 2.24) is 0 Å². The molecule has 1 saturated heterocycles. The summed E-state index contributed by atoms with van der Waals surface area (Å²) in [6.07, 6.45) is -5.51. The maximum Gasteiger partial charge on any atom is 0.305 e. The number of hydrogen-bond donors (Lipinski definition) is 0. The third kappa shape index (κ3) is 5.51. The first kappa shape index (κ1) is 18.9. The van der Waals surface area contributed by atoms with Gasteiger partial charge in [-0.15, -0.1) is 0 Å². The smallest absolute Gasteiger partial charge is 0.305 e. The van der Waals surface area contributed by atoms with E-state index < -0.39 is 54.6 Å². The summed E-state index contributed by atoms with van der Waals surface area (Å²) >= 11 is 0. The van der Waals surface area contributed by atoms with Crippen LogP contribution in [0, 0.1) is 0 Å². The number of esters is 4. The predicted molar refractivity (Wildman–Crippen MR) is 72.8 cm³/mol. The van der Waals surface area contributed by atoms with Crippen molar-refractivity contribution in [2.24, 2.45) is 0 Å². The maximum atomic E-state index is 11.4. The standard InChI is InChI=1S/C14H20O9/c1-6-11(20-7(2)15)12(21-8(3)16)13(22-9(4)17)14(19-6)23-10(5)18/h6,11-14H,1-5H3/t6?,11-,12?,13?,14-/m1/s1. The van der Waals surface area contributed by atoms with Gasteiger partial charge in [-0.3, -0.25) is 19.2 Å². The molecule has 5 atom stereocenters. The molecule has 0 aromatic heterocycles. The zero-order valence-electron chi connectivity index (χ0n) is 13.6. The molecule has 0 aliphatic carbocycles. The largest absolute Gasteiger partial charge is 0.456 e. The Bertz CT molecular complexity index is 487. The maximum absolute atomic E-state index is 11.4. The molecule has 23 heavy (non-hydrogen) atoms. The summed E-state index contributed by atoms with van der Waals surface area (Å²) in [6.45, 7) is 6.16. The molecule has 0 radical (unpaired) electrons. The summed E-state index contributed by atoms with van der Waals surface area (Å²) in [5.41, 5.74) is 0. The van der Waals surface area contributed by atoms with Crippen molar-refractivity contribution >= 4 is 23.9 Å². The molecule has 1 fully saturated rings. The molecular formula is C14H20O9. The molecule has 0 spiro atoms. The molecule has 3 unspecified atom stereocenters. The molecule has 9 heteroatoms. The molecule has 1 rings (SSSR count). The van der Waals surface area contributed by atoms with Gasteiger partial charge in [0.15, 0.2) is 12.2 Å². The van der Waals surface area contributed by atoms with Crippen molar-refractivity contribution in [3.8, 4) is 0 Å². The van der Waals surface area contributed by atoms with Crippen LogP contribution in [0.1, 0.15) is 34.6 Å². The highest BCUT2D eigenvalue weighted by Gasteiger charge is 2.51. The van der Waals surface area contributed by atoms with Crippen molar-refractivity contribution in [3.05, 3.63) is 0 Å². The van der Waals surface area contributed by atoms with Crippen LogP contribution in [0.4, 0.5) is 0 Å². The number of hydrogen-bond acceptors (Lipinski definition) is 9. The number of ether oxygens (including phenoxy) is 5. The van der Waals surface area contributed by atoms with Crippen LogP contribution in [-0.2, 0) is 42.9 Å². The third-order valence-electron chi connectivity index (χ3n) is 2.92. The molecular weight excluding hydrogens is 312 g/mol. The average Bonchev–Trinajstić information content (AvgIpc) is 2.36. The number of carbonyl (C=O) groups excluding carboxylic acids is 4. The number of rotatable bonds is 4. The Morgan fingerprint density at radius 2 is 1.04 bits per heavy atom. The van der Waals surface area contributed by atoms with Crippen LogP contribution in [0.25, 0.3) is 0 Å². The minimum atomic E-state index is -1.29.